The van der Waals surface area contributed by atoms with E-state index in [1.807, 2.05) is 20.8 Å². The molecule has 1 atom stereocenters. The SMILES string of the molecule is CCCNC(=O)c1ccc(OCC(O)CNC(C)C)c(Cl)c1. The maximum absolute atomic E-state index is 11.8. The molecule has 0 bridgehead atoms. The summed E-state index contributed by atoms with van der Waals surface area (Å²) in [6.07, 6.45) is 0.258. The molecule has 0 spiro atoms. The molecule has 3 N–H and O–H groups in total. The Morgan fingerprint density at radius 2 is 2.14 bits per heavy atom. The van der Waals surface area contributed by atoms with Crippen LogP contribution < -0.4 is 15.4 Å². The number of hydrogen-bond donors (Lipinski definition) is 3. The van der Waals surface area contributed by atoms with Crippen LogP contribution in [0.4, 0.5) is 0 Å². The molecular formula is C16H25ClN2O3. The van der Waals surface area contributed by atoms with Crippen molar-refractivity contribution in [2.45, 2.75) is 39.3 Å². The zero-order chi connectivity index (χ0) is 16.5. The van der Waals surface area contributed by atoms with Gasteiger partial charge in [-0.05, 0) is 24.6 Å². The van der Waals surface area contributed by atoms with Crippen molar-refractivity contribution < 1.29 is 14.6 Å². The van der Waals surface area contributed by atoms with Gasteiger partial charge in [-0.2, -0.15) is 0 Å². The molecule has 1 amide bonds. The third-order valence-electron chi connectivity index (χ3n) is 2.92. The minimum Gasteiger partial charge on any atom is -0.489 e. The van der Waals surface area contributed by atoms with Gasteiger partial charge in [0.15, 0.2) is 0 Å². The minimum absolute atomic E-state index is 0.140. The molecule has 124 valence electrons. The van der Waals surface area contributed by atoms with Crippen LogP contribution >= 0.6 is 11.6 Å². The summed E-state index contributed by atoms with van der Waals surface area (Å²) in [5.41, 5.74) is 0.493. The molecule has 1 rings (SSSR count). The molecule has 0 saturated heterocycles. The van der Waals surface area contributed by atoms with Gasteiger partial charge in [-0.25, -0.2) is 0 Å². The Morgan fingerprint density at radius 1 is 1.41 bits per heavy atom. The number of benzene rings is 1. The Bertz CT molecular complexity index is 480. The largest absolute Gasteiger partial charge is 0.489 e. The normalized spacial score (nSPS) is 12.3. The molecule has 0 aliphatic carbocycles. The number of nitrogens with one attached hydrogen (secondary N) is 2. The van der Waals surface area contributed by atoms with Crippen molar-refractivity contribution in [1.29, 1.82) is 0 Å². The lowest BCUT2D eigenvalue weighted by Gasteiger charge is -2.16. The van der Waals surface area contributed by atoms with Crippen LogP contribution in [0, 0.1) is 0 Å². The summed E-state index contributed by atoms with van der Waals surface area (Å²) in [5.74, 6) is 0.300. The van der Waals surface area contributed by atoms with E-state index >= 15 is 0 Å². The van der Waals surface area contributed by atoms with Gasteiger partial charge in [-0.1, -0.05) is 32.4 Å². The van der Waals surface area contributed by atoms with E-state index in [0.29, 0.717) is 35.5 Å². The fourth-order valence-corrected chi connectivity index (χ4v) is 1.95. The molecule has 0 radical (unpaired) electrons. The van der Waals surface area contributed by atoms with Gasteiger partial charge in [-0.3, -0.25) is 4.79 Å². The molecule has 1 aromatic carbocycles. The first-order valence-corrected chi connectivity index (χ1v) is 7.93. The molecule has 0 aromatic heterocycles. The highest BCUT2D eigenvalue weighted by atomic mass is 35.5. The predicted octanol–water partition coefficient (Wildman–Crippen LogP) is 2.22. The lowest BCUT2D eigenvalue weighted by atomic mass is 10.2. The summed E-state index contributed by atoms with van der Waals surface area (Å²) < 4.78 is 5.49. The third-order valence-corrected chi connectivity index (χ3v) is 3.22. The van der Waals surface area contributed by atoms with Gasteiger partial charge in [0.25, 0.3) is 5.91 Å². The number of rotatable bonds is 9. The number of aliphatic hydroxyl groups is 1. The molecule has 0 aliphatic rings. The van der Waals surface area contributed by atoms with E-state index in [1.54, 1.807) is 18.2 Å². The maximum Gasteiger partial charge on any atom is 0.251 e. The first kappa shape index (κ1) is 18.7. The maximum atomic E-state index is 11.8. The fraction of sp³-hybridized carbons (Fsp3) is 0.562. The fourth-order valence-electron chi connectivity index (χ4n) is 1.72. The summed E-state index contributed by atoms with van der Waals surface area (Å²) in [7, 11) is 0. The van der Waals surface area contributed by atoms with Gasteiger partial charge in [0, 0.05) is 24.7 Å². The quantitative estimate of drug-likeness (QED) is 0.650. The molecule has 0 aliphatic heterocycles. The highest BCUT2D eigenvalue weighted by molar-refractivity contribution is 6.32. The molecule has 22 heavy (non-hydrogen) atoms. The third kappa shape index (κ3) is 6.64. The van der Waals surface area contributed by atoms with Crippen LogP contribution in [0.3, 0.4) is 0 Å². The molecule has 0 fully saturated rings. The highest BCUT2D eigenvalue weighted by Crippen LogP contribution is 2.25. The van der Waals surface area contributed by atoms with Gasteiger partial charge < -0.3 is 20.5 Å². The predicted molar refractivity (Wildman–Crippen MR) is 88.7 cm³/mol. The molecule has 0 saturated carbocycles. The molecule has 1 unspecified atom stereocenters. The van der Waals surface area contributed by atoms with Crippen LogP contribution in [0.15, 0.2) is 18.2 Å². The van der Waals surface area contributed by atoms with Gasteiger partial charge in [0.05, 0.1) is 5.02 Å². The number of carbonyl (C=O) groups excluding carboxylic acids is 1. The van der Waals surface area contributed by atoms with E-state index in [2.05, 4.69) is 10.6 Å². The van der Waals surface area contributed by atoms with Crippen molar-refractivity contribution in [3.63, 3.8) is 0 Å². The van der Waals surface area contributed by atoms with Crippen molar-refractivity contribution in [3.05, 3.63) is 28.8 Å². The first-order chi connectivity index (χ1) is 10.4. The zero-order valence-corrected chi connectivity index (χ0v) is 14.1. The van der Waals surface area contributed by atoms with Crippen LogP contribution in [-0.4, -0.2) is 42.9 Å². The lowest BCUT2D eigenvalue weighted by molar-refractivity contribution is 0.0952. The average Bonchev–Trinajstić information content (AvgIpc) is 2.49. The van der Waals surface area contributed by atoms with Gasteiger partial charge in [0.2, 0.25) is 0 Å². The summed E-state index contributed by atoms with van der Waals surface area (Å²) >= 11 is 6.12. The number of amides is 1. The Morgan fingerprint density at radius 3 is 2.73 bits per heavy atom. The monoisotopic (exact) mass is 328 g/mol. The van der Waals surface area contributed by atoms with E-state index in [4.69, 9.17) is 16.3 Å². The van der Waals surface area contributed by atoms with Crippen molar-refractivity contribution in [2.24, 2.45) is 0 Å². The van der Waals surface area contributed by atoms with E-state index in [0.717, 1.165) is 6.42 Å². The van der Waals surface area contributed by atoms with Crippen molar-refractivity contribution in [1.82, 2.24) is 10.6 Å². The molecule has 1 aromatic rings. The summed E-state index contributed by atoms with van der Waals surface area (Å²) in [6.45, 7) is 7.22. The standard InChI is InChI=1S/C16H25ClN2O3/c1-4-7-18-16(21)12-5-6-15(14(17)8-12)22-10-13(20)9-19-11(2)3/h5-6,8,11,13,19-20H,4,7,9-10H2,1-3H3,(H,18,21). The topological polar surface area (TPSA) is 70.6 Å². The van der Waals surface area contributed by atoms with Crippen LogP contribution in [0.2, 0.25) is 5.02 Å². The highest BCUT2D eigenvalue weighted by Gasteiger charge is 2.11. The molecule has 6 heteroatoms. The smallest absolute Gasteiger partial charge is 0.251 e. The van der Waals surface area contributed by atoms with Crippen LogP contribution in [0.1, 0.15) is 37.6 Å². The summed E-state index contributed by atoms with van der Waals surface area (Å²) in [5, 5.41) is 16.1. The Kier molecular flexibility index (Phi) is 8.24. The average molecular weight is 329 g/mol. The second-order valence-corrected chi connectivity index (χ2v) is 5.84. The zero-order valence-electron chi connectivity index (χ0n) is 13.4. The Labute approximate surface area is 137 Å². The molecular weight excluding hydrogens is 304 g/mol. The number of ether oxygens (including phenoxy) is 1. The first-order valence-electron chi connectivity index (χ1n) is 7.56. The number of halogens is 1. The molecule has 5 nitrogen and oxygen atoms in total. The number of aliphatic hydroxyl groups excluding tert-OH is 1. The van der Waals surface area contributed by atoms with Gasteiger partial charge in [-0.15, -0.1) is 0 Å². The second kappa shape index (κ2) is 9.66. The van der Waals surface area contributed by atoms with Gasteiger partial charge in [0.1, 0.15) is 18.5 Å². The van der Waals surface area contributed by atoms with Crippen LogP contribution in [0.25, 0.3) is 0 Å². The Hall–Kier alpha value is -1.30. The summed E-state index contributed by atoms with van der Waals surface area (Å²) in [4.78, 5) is 11.8. The second-order valence-electron chi connectivity index (χ2n) is 5.43. The number of carbonyl (C=O) groups is 1. The van der Waals surface area contributed by atoms with Crippen molar-refractivity contribution >= 4 is 17.5 Å². The van der Waals surface area contributed by atoms with E-state index < -0.39 is 6.10 Å². The van der Waals surface area contributed by atoms with E-state index in [1.165, 1.54) is 0 Å². The van der Waals surface area contributed by atoms with Crippen LogP contribution in [0.5, 0.6) is 5.75 Å². The van der Waals surface area contributed by atoms with Crippen molar-refractivity contribution in [3.8, 4) is 5.75 Å². The Balaban J connectivity index is 2.53. The summed E-state index contributed by atoms with van der Waals surface area (Å²) in [6, 6.07) is 5.18. The van der Waals surface area contributed by atoms with E-state index in [9.17, 15) is 9.90 Å². The van der Waals surface area contributed by atoms with Crippen LogP contribution in [-0.2, 0) is 0 Å². The molecule has 0 heterocycles. The van der Waals surface area contributed by atoms with Gasteiger partial charge >= 0.3 is 0 Å². The minimum atomic E-state index is -0.619. The number of hydrogen-bond acceptors (Lipinski definition) is 4. The van der Waals surface area contributed by atoms with Crippen molar-refractivity contribution in [2.75, 3.05) is 19.7 Å². The lowest BCUT2D eigenvalue weighted by Crippen LogP contribution is -2.35. The van der Waals surface area contributed by atoms with E-state index in [-0.39, 0.29) is 12.5 Å².